The number of hydrogen-bond donors (Lipinski definition) is 1. The number of amides is 2. The Morgan fingerprint density at radius 2 is 2.00 bits per heavy atom. The predicted octanol–water partition coefficient (Wildman–Crippen LogP) is 0.868. The van der Waals surface area contributed by atoms with Gasteiger partial charge in [-0.2, -0.15) is 0 Å². The quantitative estimate of drug-likeness (QED) is 0.872. The third-order valence-electron chi connectivity index (χ3n) is 3.35. The van der Waals surface area contributed by atoms with Crippen LogP contribution in [0.2, 0.25) is 0 Å². The van der Waals surface area contributed by atoms with Crippen molar-refractivity contribution >= 4 is 6.03 Å². The number of rotatable bonds is 2. The van der Waals surface area contributed by atoms with Crippen molar-refractivity contribution in [3.63, 3.8) is 0 Å². The van der Waals surface area contributed by atoms with Crippen molar-refractivity contribution in [1.29, 1.82) is 0 Å². The van der Waals surface area contributed by atoms with Gasteiger partial charge in [0.1, 0.15) is 6.61 Å². The van der Waals surface area contributed by atoms with Gasteiger partial charge in [-0.15, -0.1) is 0 Å². The molecule has 0 spiro atoms. The number of carbonyl (C=O) groups excluding carboxylic acids is 1. The first-order chi connectivity index (χ1) is 9.83. The summed E-state index contributed by atoms with van der Waals surface area (Å²) >= 11 is 0. The van der Waals surface area contributed by atoms with Crippen LogP contribution in [-0.2, 0) is 4.74 Å². The number of fused-ring (bicyclic) bond motifs is 1. The van der Waals surface area contributed by atoms with E-state index < -0.39 is 0 Å². The zero-order chi connectivity index (χ0) is 13.8. The zero-order valence-electron chi connectivity index (χ0n) is 11.2. The third kappa shape index (κ3) is 2.96. The average molecular weight is 278 g/mol. The molecule has 0 aliphatic carbocycles. The molecular formula is C14H18N2O4. The molecule has 6 nitrogen and oxygen atoms in total. The van der Waals surface area contributed by atoms with E-state index in [4.69, 9.17) is 14.2 Å². The lowest BCUT2D eigenvalue weighted by atomic mass is 10.2. The predicted molar refractivity (Wildman–Crippen MR) is 72.1 cm³/mol. The lowest BCUT2D eigenvalue weighted by Crippen LogP contribution is -2.49. The minimum Gasteiger partial charge on any atom is -0.486 e. The number of hydrogen-bond acceptors (Lipinski definition) is 4. The normalized spacial score (nSPS) is 21.4. The fourth-order valence-corrected chi connectivity index (χ4v) is 2.24. The summed E-state index contributed by atoms with van der Waals surface area (Å²) in [5.74, 6) is 1.48. The Hall–Kier alpha value is -1.95. The molecule has 0 unspecified atom stereocenters. The highest BCUT2D eigenvalue weighted by atomic mass is 16.6. The van der Waals surface area contributed by atoms with E-state index in [0.717, 1.165) is 11.5 Å². The lowest BCUT2D eigenvalue weighted by molar-refractivity contribution is 0.0506. The summed E-state index contributed by atoms with van der Waals surface area (Å²) in [6, 6.07) is 7.47. The van der Waals surface area contributed by atoms with Gasteiger partial charge < -0.3 is 24.4 Å². The molecule has 1 fully saturated rings. The van der Waals surface area contributed by atoms with Gasteiger partial charge in [-0.1, -0.05) is 12.1 Å². The van der Waals surface area contributed by atoms with Crippen LogP contribution in [-0.4, -0.2) is 56.5 Å². The molecule has 1 saturated heterocycles. The first-order valence-electron chi connectivity index (χ1n) is 6.82. The van der Waals surface area contributed by atoms with Gasteiger partial charge in [0, 0.05) is 13.1 Å². The number of para-hydroxylation sites is 2. The molecule has 0 saturated carbocycles. The van der Waals surface area contributed by atoms with Crippen molar-refractivity contribution in [2.75, 3.05) is 39.5 Å². The molecule has 1 N–H and O–H groups in total. The van der Waals surface area contributed by atoms with Gasteiger partial charge in [-0.3, -0.25) is 0 Å². The smallest absolute Gasteiger partial charge is 0.317 e. The van der Waals surface area contributed by atoms with E-state index in [-0.39, 0.29) is 12.1 Å². The SMILES string of the molecule is O=C(NC[C@@H]1COc2ccccc2O1)N1CCOCC1. The summed E-state index contributed by atoms with van der Waals surface area (Å²) < 4.78 is 16.6. The maximum atomic E-state index is 11.9. The number of carbonyl (C=O) groups is 1. The number of ether oxygens (including phenoxy) is 3. The summed E-state index contributed by atoms with van der Waals surface area (Å²) in [4.78, 5) is 13.7. The fraction of sp³-hybridized carbons (Fsp3) is 0.500. The van der Waals surface area contributed by atoms with Gasteiger partial charge in [0.25, 0.3) is 0 Å². The van der Waals surface area contributed by atoms with Crippen LogP contribution in [0.1, 0.15) is 0 Å². The Morgan fingerprint density at radius 1 is 1.25 bits per heavy atom. The van der Waals surface area contributed by atoms with Crippen LogP contribution >= 0.6 is 0 Å². The molecule has 0 bridgehead atoms. The molecule has 20 heavy (non-hydrogen) atoms. The number of nitrogens with one attached hydrogen (secondary N) is 1. The fourth-order valence-electron chi connectivity index (χ4n) is 2.24. The summed E-state index contributed by atoms with van der Waals surface area (Å²) in [7, 11) is 0. The molecule has 2 amide bonds. The van der Waals surface area contributed by atoms with E-state index in [0.29, 0.717) is 39.5 Å². The molecule has 1 aromatic rings. The second-order valence-electron chi connectivity index (χ2n) is 4.78. The van der Waals surface area contributed by atoms with Crippen molar-refractivity contribution < 1.29 is 19.0 Å². The molecular weight excluding hydrogens is 260 g/mol. The van der Waals surface area contributed by atoms with Crippen molar-refractivity contribution in [2.24, 2.45) is 0 Å². The van der Waals surface area contributed by atoms with E-state index in [1.807, 2.05) is 24.3 Å². The van der Waals surface area contributed by atoms with Crippen LogP contribution in [0.4, 0.5) is 4.79 Å². The van der Waals surface area contributed by atoms with Crippen molar-refractivity contribution in [2.45, 2.75) is 6.10 Å². The molecule has 0 aromatic heterocycles. The Kier molecular flexibility index (Phi) is 3.92. The van der Waals surface area contributed by atoms with Crippen LogP contribution in [0, 0.1) is 0 Å². The van der Waals surface area contributed by atoms with Crippen molar-refractivity contribution in [3.05, 3.63) is 24.3 Å². The molecule has 2 heterocycles. The molecule has 108 valence electrons. The van der Waals surface area contributed by atoms with Crippen molar-refractivity contribution in [3.8, 4) is 11.5 Å². The van der Waals surface area contributed by atoms with Crippen LogP contribution < -0.4 is 14.8 Å². The van der Waals surface area contributed by atoms with E-state index in [1.54, 1.807) is 4.90 Å². The molecule has 1 aromatic carbocycles. The van der Waals surface area contributed by atoms with Crippen LogP contribution in [0.3, 0.4) is 0 Å². The van der Waals surface area contributed by atoms with Gasteiger partial charge in [-0.05, 0) is 12.1 Å². The van der Waals surface area contributed by atoms with E-state index >= 15 is 0 Å². The highest BCUT2D eigenvalue weighted by Gasteiger charge is 2.22. The largest absolute Gasteiger partial charge is 0.486 e. The van der Waals surface area contributed by atoms with Gasteiger partial charge >= 0.3 is 6.03 Å². The molecule has 0 radical (unpaired) electrons. The summed E-state index contributed by atoms with van der Waals surface area (Å²) in [6.45, 7) is 3.35. The van der Waals surface area contributed by atoms with E-state index in [9.17, 15) is 4.79 Å². The average Bonchev–Trinajstić information content (AvgIpc) is 2.53. The topological polar surface area (TPSA) is 60.0 Å². The maximum absolute atomic E-state index is 11.9. The van der Waals surface area contributed by atoms with E-state index in [2.05, 4.69) is 5.32 Å². The van der Waals surface area contributed by atoms with Gasteiger partial charge in [0.15, 0.2) is 17.6 Å². The summed E-state index contributed by atoms with van der Waals surface area (Å²) in [6.07, 6.45) is -0.158. The number of morpholine rings is 1. The third-order valence-corrected chi connectivity index (χ3v) is 3.35. The highest BCUT2D eigenvalue weighted by molar-refractivity contribution is 5.74. The first kappa shape index (κ1) is 13.1. The molecule has 1 atom stereocenters. The Morgan fingerprint density at radius 3 is 2.80 bits per heavy atom. The van der Waals surface area contributed by atoms with Crippen LogP contribution in [0.5, 0.6) is 11.5 Å². The second-order valence-corrected chi connectivity index (χ2v) is 4.78. The lowest BCUT2D eigenvalue weighted by Gasteiger charge is -2.29. The minimum absolute atomic E-state index is 0.0734. The highest BCUT2D eigenvalue weighted by Crippen LogP contribution is 2.30. The summed E-state index contributed by atoms with van der Waals surface area (Å²) in [5.41, 5.74) is 0. The molecule has 2 aliphatic rings. The van der Waals surface area contributed by atoms with Crippen LogP contribution in [0.15, 0.2) is 24.3 Å². The summed E-state index contributed by atoms with van der Waals surface area (Å²) in [5, 5.41) is 2.88. The van der Waals surface area contributed by atoms with Crippen LogP contribution in [0.25, 0.3) is 0 Å². The maximum Gasteiger partial charge on any atom is 0.317 e. The van der Waals surface area contributed by atoms with Gasteiger partial charge in [0.05, 0.1) is 19.8 Å². The monoisotopic (exact) mass is 278 g/mol. The number of benzene rings is 1. The Balaban J connectivity index is 1.49. The second kappa shape index (κ2) is 6.00. The molecule has 2 aliphatic heterocycles. The molecule has 3 rings (SSSR count). The Labute approximate surface area is 117 Å². The standard InChI is InChI=1S/C14H18N2O4/c17-14(16-5-7-18-8-6-16)15-9-11-10-19-12-3-1-2-4-13(12)20-11/h1-4,11H,5-10H2,(H,15,17)/t11-/m1/s1. The number of urea groups is 1. The minimum atomic E-state index is -0.158. The van der Waals surface area contributed by atoms with Crippen molar-refractivity contribution in [1.82, 2.24) is 10.2 Å². The zero-order valence-corrected chi connectivity index (χ0v) is 11.2. The van der Waals surface area contributed by atoms with Gasteiger partial charge in [0.2, 0.25) is 0 Å². The Bertz CT molecular complexity index is 474. The van der Waals surface area contributed by atoms with E-state index in [1.165, 1.54) is 0 Å². The van der Waals surface area contributed by atoms with Gasteiger partial charge in [-0.25, -0.2) is 4.79 Å². The number of nitrogens with zero attached hydrogens (tertiary/aromatic N) is 1. The first-order valence-corrected chi connectivity index (χ1v) is 6.82. The molecule has 6 heteroatoms.